The number of amides is 1. The van der Waals surface area contributed by atoms with E-state index in [1.165, 1.54) is 50.4 Å². The second-order valence-corrected chi connectivity index (χ2v) is 7.74. The lowest BCUT2D eigenvalue weighted by molar-refractivity contribution is -0.137. The molecular formula is C17H17F3N2O3S. The molecule has 0 saturated carbocycles. The Morgan fingerprint density at radius 3 is 2.38 bits per heavy atom. The zero-order valence-electron chi connectivity index (χ0n) is 14.0. The molecule has 0 radical (unpaired) electrons. The highest BCUT2D eigenvalue weighted by molar-refractivity contribution is 7.92. The third-order valence-corrected chi connectivity index (χ3v) is 5.48. The van der Waals surface area contributed by atoms with E-state index in [1.54, 1.807) is 0 Å². The Bertz CT molecular complexity index is 911. The second kappa shape index (κ2) is 7.36. The van der Waals surface area contributed by atoms with Gasteiger partial charge in [-0.15, -0.1) is 0 Å². The first-order valence-electron chi connectivity index (χ1n) is 7.60. The van der Waals surface area contributed by atoms with Gasteiger partial charge in [0.1, 0.15) is 0 Å². The summed E-state index contributed by atoms with van der Waals surface area (Å²) >= 11 is 0. The largest absolute Gasteiger partial charge is 0.416 e. The fraction of sp³-hybridized carbons (Fsp3) is 0.235. The molecule has 2 aromatic carbocycles. The zero-order chi connectivity index (χ0) is 19.5. The number of hydrogen-bond donors (Lipinski definition) is 1. The van der Waals surface area contributed by atoms with Gasteiger partial charge in [-0.25, -0.2) is 8.42 Å². The van der Waals surface area contributed by atoms with E-state index >= 15 is 0 Å². The molecule has 0 heterocycles. The average molecular weight is 386 g/mol. The summed E-state index contributed by atoms with van der Waals surface area (Å²) in [7, 11) is -2.13. The van der Waals surface area contributed by atoms with E-state index in [0.29, 0.717) is 0 Å². The summed E-state index contributed by atoms with van der Waals surface area (Å²) in [6, 6.07) is 10.1. The van der Waals surface area contributed by atoms with E-state index < -0.39 is 27.7 Å². The van der Waals surface area contributed by atoms with Crippen LogP contribution in [0.3, 0.4) is 0 Å². The molecule has 2 aromatic rings. The number of nitrogens with one attached hydrogen (secondary N) is 1. The predicted octanol–water partition coefficient (Wildman–Crippen LogP) is 3.74. The molecule has 0 aliphatic carbocycles. The molecule has 1 N–H and O–H groups in total. The third-order valence-electron chi connectivity index (χ3n) is 3.70. The molecule has 0 spiro atoms. The summed E-state index contributed by atoms with van der Waals surface area (Å²) in [6.07, 6.45) is -4.52. The van der Waals surface area contributed by atoms with E-state index in [-0.39, 0.29) is 22.7 Å². The molecule has 0 atom stereocenters. The number of carbonyl (C=O) groups excluding carboxylic acids is 1. The highest BCUT2D eigenvalue weighted by Gasteiger charge is 2.30. The van der Waals surface area contributed by atoms with Crippen molar-refractivity contribution in [1.29, 1.82) is 0 Å². The van der Waals surface area contributed by atoms with Gasteiger partial charge in [0, 0.05) is 18.3 Å². The number of halogens is 3. The van der Waals surface area contributed by atoms with Crippen LogP contribution in [0.15, 0.2) is 48.5 Å². The maximum Gasteiger partial charge on any atom is 0.416 e. The number of hydrogen-bond acceptors (Lipinski definition) is 3. The van der Waals surface area contributed by atoms with E-state index in [0.717, 1.165) is 16.4 Å². The number of alkyl halides is 3. The normalized spacial score (nSPS) is 11.9. The first kappa shape index (κ1) is 19.8. The molecular weight excluding hydrogens is 369 g/mol. The van der Waals surface area contributed by atoms with Crippen LogP contribution in [0.4, 0.5) is 24.5 Å². The number of rotatable bonds is 5. The monoisotopic (exact) mass is 386 g/mol. The van der Waals surface area contributed by atoms with Crippen molar-refractivity contribution in [3.63, 3.8) is 0 Å². The van der Waals surface area contributed by atoms with Crippen molar-refractivity contribution >= 4 is 27.3 Å². The molecule has 1 amide bonds. The van der Waals surface area contributed by atoms with Gasteiger partial charge < -0.3 is 5.32 Å². The average Bonchev–Trinajstić information content (AvgIpc) is 2.60. The maximum absolute atomic E-state index is 12.7. The van der Waals surface area contributed by atoms with Crippen LogP contribution in [0.1, 0.15) is 22.8 Å². The van der Waals surface area contributed by atoms with Crippen LogP contribution < -0.4 is 9.62 Å². The number of carbonyl (C=O) groups is 1. The molecule has 9 heteroatoms. The topological polar surface area (TPSA) is 66.5 Å². The maximum atomic E-state index is 12.7. The SMILES string of the molecule is CCS(=O)(=O)N(C)c1cccc(C(=O)Nc2cccc(C(F)(F)F)c2)c1. The minimum absolute atomic E-state index is 0.00948. The number of benzene rings is 2. The minimum Gasteiger partial charge on any atom is -0.322 e. The molecule has 0 bridgehead atoms. The smallest absolute Gasteiger partial charge is 0.322 e. The zero-order valence-corrected chi connectivity index (χ0v) is 14.9. The summed E-state index contributed by atoms with van der Waals surface area (Å²) in [6.45, 7) is 1.50. The molecule has 2 rings (SSSR count). The van der Waals surface area contributed by atoms with Crippen LogP contribution >= 0.6 is 0 Å². The van der Waals surface area contributed by atoms with Crippen LogP contribution in [-0.2, 0) is 16.2 Å². The Labute approximate surface area is 149 Å². The fourth-order valence-corrected chi connectivity index (χ4v) is 3.00. The first-order chi connectivity index (χ1) is 12.0. The van der Waals surface area contributed by atoms with Crippen molar-refractivity contribution in [2.45, 2.75) is 13.1 Å². The molecule has 0 aromatic heterocycles. The lowest BCUT2D eigenvalue weighted by atomic mass is 10.1. The summed E-state index contributed by atoms with van der Waals surface area (Å²) in [5.74, 6) is -0.752. The predicted molar refractivity (Wildman–Crippen MR) is 93.7 cm³/mol. The molecule has 0 unspecified atom stereocenters. The third kappa shape index (κ3) is 4.54. The number of nitrogens with zero attached hydrogens (tertiary/aromatic N) is 1. The number of anilines is 2. The van der Waals surface area contributed by atoms with E-state index in [4.69, 9.17) is 0 Å². The Balaban J connectivity index is 2.25. The van der Waals surface area contributed by atoms with E-state index in [1.807, 2.05) is 0 Å². The van der Waals surface area contributed by atoms with Gasteiger partial charge in [-0.1, -0.05) is 12.1 Å². The second-order valence-electron chi connectivity index (χ2n) is 5.45. The molecule has 0 aliphatic rings. The van der Waals surface area contributed by atoms with E-state index in [9.17, 15) is 26.4 Å². The summed E-state index contributed by atoms with van der Waals surface area (Å²) in [5.41, 5.74) is -0.482. The van der Waals surface area contributed by atoms with Gasteiger partial charge >= 0.3 is 6.18 Å². The van der Waals surface area contributed by atoms with Crippen LogP contribution in [-0.4, -0.2) is 27.1 Å². The van der Waals surface area contributed by atoms with Crippen molar-refractivity contribution < 1.29 is 26.4 Å². The van der Waals surface area contributed by atoms with Gasteiger partial charge in [-0.3, -0.25) is 9.10 Å². The van der Waals surface area contributed by atoms with Crippen LogP contribution in [0, 0.1) is 0 Å². The van der Waals surface area contributed by atoms with Crippen molar-refractivity contribution in [1.82, 2.24) is 0 Å². The molecule has 0 aliphatic heterocycles. The van der Waals surface area contributed by atoms with Crippen molar-refractivity contribution in [3.8, 4) is 0 Å². The van der Waals surface area contributed by atoms with Gasteiger partial charge in [0.2, 0.25) is 10.0 Å². The Morgan fingerprint density at radius 1 is 1.12 bits per heavy atom. The molecule has 140 valence electrons. The van der Waals surface area contributed by atoms with Crippen molar-refractivity contribution in [2.24, 2.45) is 0 Å². The molecule has 0 fully saturated rings. The Hall–Kier alpha value is -2.55. The quantitative estimate of drug-likeness (QED) is 0.851. The van der Waals surface area contributed by atoms with Gasteiger partial charge in [0.15, 0.2) is 0 Å². The van der Waals surface area contributed by atoms with Gasteiger partial charge in [0.05, 0.1) is 17.0 Å². The summed E-state index contributed by atoms with van der Waals surface area (Å²) in [5, 5.41) is 2.38. The first-order valence-corrected chi connectivity index (χ1v) is 9.21. The van der Waals surface area contributed by atoms with Crippen LogP contribution in [0.25, 0.3) is 0 Å². The highest BCUT2D eigenvalue weighted by atomic mass is 32.2. The van der Waals surface area contributed by atoms with Crippen molar-refractivity contribution in [2.75, 3.05) is 22.4 Å². The lowest BCUT2D eigenvalue weighted by Gasteiger charge is -2.19. The standard InChI is InChI=1S/C17H17F3N2O3S/c1-3-26(24,25)22(2)15-9-4-6-12(10-15)16(23)21-14-8-5-7-13(11-14)17(18,19)20/h4-11H,3H2,1-2H3,(H,21,23). The molecule has 26 heavy (non-hydrogen) atoms. The van der Waals surface area contributed by atoms with E-state index in [2.05, 4.69) is 5.32 Å². The van der Waals surface area contributed by atoms with Crippen LogP contribution in [0.2, 0.25) is 0 Å². The molecule has 5 nitrogen and oxygen atoms in total. The summed E-state index contributed by atoms with van der Waals surface area (Å²) < 4.78 is 63.1. The van der Waals surface area contributed by atoms with Gasteiger partial charge in [0.25, 0.3) is 5.91 Å². The minimum atomic E-state index is -4.52. The number of sulfonamides is 1. The van der Waals surface area contributed by atoms with Gasteiger partial charge in [-0.05, 0) is 43.3 Å². The van der Waals surface area contributed by atoms with Gasteiger partial charge in [-0.2, -0.15) is 13.2 Å². The lowest BCUT2D eigenvalue weighted by Crippen LogP contribution is -2.28. The highest BCUT2D eigenvalue weighted by Crippen LogP contribution is 2.30. The Morgan fingerprint density at radius 2 is 1.77 bits per heavy atom. The molecule has 0 saturated heterocycles. The fourth-order valence-electron chi connectivity index (χ4n) is 2.17. The van der Waals surface area contributed by atoms with Crippen molar-refractivity contribution in [3.05, 3.63) is 59.7 Å². The summed E-state index contributed by atoms with van der Waals surface area (Å²) in [4.78, 5) is 12.3. The Kier molecular flexibility index (Phi) is 5.60. The van der Waals surface area contributed by atoms with Crippen LogP contribution in [0.5, 0.6) is 0 Å².